The number of rotatable bonds is 4. The summed E-state index contributed by atoms with van der Waals surface area (Å²) in [6, 6.07) is 6.46. The minimum atomic E-state index is -4.45. The molecule has 0 saturated heterocycles. The van der Waals surface area contributed by atoms with Crippen molar-refractivity contribution in [3.8, 4) is 5.75 Å². The first-order chi connectivity index (χ1) is 11.4. The molecule has 1 N–H and O–H groups in total. The molecule has 0 amide bonds. The van der Waals surface area contributed by atoms with Crippen molar-refractivity contribution in [3.05, 3.63) is 47.8 Å². The first kappa shape index (κ1) is 20.1. The van der Waals surface area contributed by atoms with Crippen molar-refractivity contribution >= 4 is 51.8 Å². The van der Waals surface area contributed by atoms with Crippen molar-refractivity contribution in [1.29, 1.82) is 0 Å². The molecule has 25 heavy (non-hydrogen) atoms. The van der Waals surface area contributed by atoms with E-state index in [4.69, 9.17) is 4.74 Å². The summed E-state index contributed by atoms with van der Waals surface area (Å²) < 4.78 is 55.6. The average Bonchev–Trinajstić information content (AvgIpc) is 2.97. The molecule has 1 atom stereocenters. The molecule has 5 nitrogen and oxygen atoms in total. The second-order valence-electron chi connectivity index (χ2n) is 4.95. The number of ether oxygens (including phenoxy) is 1. The van der Waals surface area contributed by atoms with Gasteiger partial charge in [-0.05, 0) is 24.3 Å². The van der Waals surface area contributed by atoms with Crippen molar-refractivity contribution in [2.75, 3.05) is 7.11 Å². The summed E-state index contributed by atoms with van der Waals surface area (Å²) in [5.74, 6) is 0.653. The van der Waals surface area contributed by atoms with Crippen LogP contribution in [0.3, 0.4) is 0 Å². The number of fused-ring (bicyclic) bond motifs is 1. The second-order valence-corrected chi connectivity index (χ2v) is 6.31. The fourth-order valence-electron chi connectivity index (χ4n) is 2.13. The second kappa shape index (κ2) is 7.96. The molecule has 0 spiro atoms. The summed E-state index contributed by atoms with van der Waals surface area (Å²) in [4.78, 5) is 10.9. The van der Waals surface area contributed by atoms with Crippen molar-refractivity contribution < 1.29 is 22.5 Å². The molecule has 128 valence electrons. The number of hydrogen-bond acceptors (Lipinski definition) is 4. The molecule has 0 aliphatic rings. The Morgan fingerprint density at radius 1 is 1.24 bits per heavy atom. The van der Waals surface area contributed by atoms with Crippen molar-refractivity contribution in [1.82, 2.24) is 15.0 Å². The summed E-state index contributed by atoms with van der Waals surface area (Å²) in [6.45, 7) is 0. The predicted molar refractivity (Wildman–Crippen MR) is 89.1 cm³/mol. The third kappa shape index (κ3) is 4.68. The van der Waals surface area contributed by atoms with Gasteiger partial charge in [-0.1, -0.05) is 0 Å². The van der Waals surface area contributed by atoms with E-state index in [0.29, 0.717) is 17.0 Å². The molecule has 3 rings (SSSR count). The van der Waals surface area contributed by atoms with Crippen LogP contribution in [0.2, 0.25) is 0 Å². The van der Waals surface area contributed by atoms with Crippen LogP contribution in [0.25, 0.3) is 11.0 Å². The van der Waals surface area contributed by atoms with Crippen LogP contribution >= 0.6 is 0 Å². The molecular formula is C15H13F3N3NaO2S. The number of H-pyrrole nitrogens is 1. The SMILES string of the molecule is COc1ccnc(C[S+]([O-])c2nc3cc(C(F)(F)F)ccc3[nH]2)c1.[NaH]. The van der Waals surface area contributed by atoms with Gasteiger partial charge in [0.25, 0.3) is 0 Å². The molecule has 10 heteroatoms. The molecule has 3 aromatic rings. The van der Waals surface area contributed by atoms with E-state index in [0.717, 1.165) is 12.1 Å². The van der Waals surface area contributed by atoms with E-state index in [1.165, 1.54) is 19.4 Å². The van der Waals surface area contributed by atoms with Gasteiger partial charge in [-0.15, -0.1) is 0 Å². The molecule has 1 unspecified atom stereocenters. The number of aromatic amines is 1. The zero-order chi connectivity index (χ0) is 17.3. The van der Waals surface area contributed by atoms with Gasteiger partial charge in [0.1, 0.15) is 5.75 Å². The Kier molecular flexibility index (Phi) is 6.39. The molecule has 0 aliphatic carbocycles. The summed E-state index contributed by atoms with van der Waals surface area (Å²) in [6.07, 6.45) is -2.92. The van der Waals surface area contributed by atoms with Gasteiger partial charge in [0.2, 0.25) is 0 Å². The Balaban J connectivity index is 0.00000225. The topological polar surface area (TPSA) is 73.9 Å². The molecular weight excluding hydrogens is 366 g/mol. The normalized spacial score (nSPS) is 12.7. The van der Waals surface area contributed by atoms with Crippen molar-refractivity contribution in [2.45, 2.75) is 17.1 Å². The Morgan fingerprint density at radius 3 is 2.68 bits per heavy atom. The van der Waals surface area contributed by atoms with E-state index in [2.05, 4.69) is 15.0 Å². The van der Waals surface area contributed by atoms with Crippen LogP contribution in [-0.2, 0) is 23.1 Å². The third-order valence-corrected chi connectivity index (χ3v) is 4.49. The van der Waals surface area contributed by atoms with Crippen LogP contribution in [-0.4, -0.2) is 56.2 Å². The molecule has 1 aromatic carbocycles. The minimum absolute atomic E-state index is 0. The van der Waals surface area contributed by atoms with Crippen molar-refractivity contribution in [2.24, 2.45) is 0 Å². The van der Waals surface area contributed by atoms with Crippen molar-refractivity contribution in [3.63, 3.8) is 0 Å². The maximum absolute atomic E-state index is 12.7. The Bertz CT molecular complexity index is 873. The number of aromatic nitrogens is 3. The third-order valence-electron chi connectivity index (χ3n) is 3.31. The fourth-order valence-corrected chi connectivity index (χ4v) is 3.12. The summed E-state index contributed by atoms with van der Waals surface area (Å²) >= 11 is -1.57. The zero-order valence-electron chi connectivity index (χ0n) is 12.4. The standard InChI is InChI=1S/C15H12F3N3O2S.Na.H/c1-23-11-4-5-19-10(7-11)8-24(22)14-20-12-3-2-9(15(16,17)18)6-13(12)21-14;;/h2-7H,8H2,1H3,(H,20,21);;. The van der Waals surface area contributed by atoms with E-state index >= 15 is 0 Å². The molecule has 2 heterocycles. The molecule has 0 aliphatic heterocycles. The number of pyridine rings is 1. The van der Waals surface area contributed by atoms with E-state index in [-0.39, 0.29) is 46.0 Å². The Morgan fingerprint density at radius 2 is 2.00 bits per heavy atom. The van der Waals surface area contributed by atoms with E-state index in [9.17, 15) is 17.7 Å². The van der Waals surface area contributed by atoms with E-state index < -0.39 is 22.9 Å². The first-order valence-corrected chi connectivity index (χ1v) is 8.13. The van der Waals surface area contributed by atoms with Gasteiger partial charge in [-0.2, -0.15) is 18.2 Å². The van der Waals surface area contributed by atoms with Gasteiger partial charge in [0, 0.05) is 23.4 Å². The Hall–Kier alpha value is -1.26. The molecule has 0 radical (unpaired) electrons. The molecule has 0 saturated carbocycles. The number of hydrogen-bond donors (Lipinski definition) is 1. The van der Waals surface area contributed by atoms with Crippen LogP contribution < -0.4 is 4.74 Å². The summed E-state index contributed by atoms with van der Waals surface area (Å²) in [7, 11) is 1.51. The first-order valence-electron chi connectivity index (χ1n) is 6.81. The number of imidazole rings is 1. The van der Waals surface area contributed by atoms with Gasteiger partial charge in [0.15, 0.2) is 5.75 Å². The number of halogens is 3. The van der Waals surface area contributed by atoms with Crippen LogP contribution in [0.4, 0.5) is 13.2 Å². The monoisotopic (exact) mass is 379 g/mol. The van der Waals surface area contributed by atoms with Gasteiger partial charge < -0.3 is 9.29 Å². The average molecular weight is 379 g/mol. The number of benzene rings is 1. The van der Waals surface area contributed by atoms with Gasteiger partial charge in [0.05, 0.1) is 29.4 Å². The molecule has 0 fully saturated rings. The maximum atomic E-state index is 12.7. The summed E-state index contributed by atoms with van der Waals surface area (Å²) in [5, 5.41) is 0.106. The quantitative estimate of drug-likeness (QED) is 0.559. The summed E-state index contributed by atoms with van der Waals surface area (Å²) in [5.41, 5.74) is 0.245. The van der Waals surface area contributed by atoms with Crippen LogP contribution in [0.5, 0.6) is 5.75 Å². The fraction of sp³-hybridized carbons (Fsp3) is 0.200. The van der Waals surface area contributed by atoms with Gasteiger partial charge in [-0.25, -0.2) is 0 Å². The van der Waals surface area contributed by atoms with Gasteiger partial charge in [-0.3, -0.25) is 9.97 Å². The zero-order valence-corrected chi connectivity index (χ0v) is 13.2. The van der Waals surface area contributed by atoms with Crippen LogP contribution in [0.1, 0.15) is 11.3 Å². The van der Waals surface area contributed by atoms with E-state index in [1.54, 1.807) is 12.1 Å². The number of nitrogens with one attached hydrogen (secondary N) is 1. The predicted octanol–water partition coefficient (Wildman–Crippen LogP) is 2.64. The van der Waals surface area contributed by atoms with Crippen LogP contribution in [0, 0.1) is 0 Å². The van der Waals surface area contributed by atoms with E-state index in [1.807, 2.05) is 0 Å². The Labute approximate surface area is 166 Å². The molecule has 0 bridgehead atoms. The number of nitrogens with zero attached hydrogens (tertiary/aromatic N) is 2. The van der Waals surface area contributed by atoms with Crippen LogP contribution in [0.15, 0.2) is 41.7 Å². The molecule has 2 aromatic heterocycles. The number of methoxy groups -OCH3 is 1. The van der Waals surface area contributed by atoms with Gasteiger partial charge >= 0.3 is 40.9 Å². The number of alkyl halides is 3.